The van der Waals surface area contributed by atoms with E-state index in [0.717, 1.165) is 11.8 Å². The van der Waals surface area contributed by atoms with Crippen molar-refractivity contribution in [2.24, 2.45) is 0 Å². The molecular formula is C15H27NO4S. The average Bonchev–Trinajstić information content (AvgIpc) is 2.15. The molecule has 0 aromatic heterocycles. The summed E-state index contributed by atoms with van der Waals surface area (Å²) in [5.74, 6) is -0.124. The molecule has 1 aromatic carbocycles. The summed E-state index contributed by atoms with van der Waals surface area (Å²) >= 11 is 0. The van der Waals surface area contributed by atoms with Gasteiger partial charge in [-0.2, -0.15) is 8.42 Å². The highest BCUT2D eigenvalue weighted by Crippen LogP contribution is 2.41. The van der Waals surface area contributed by atoms with E-state index in [1.54, 1.807) is 6.07 Å². The quantitative estimate of drug-likeness (QED) is 0.813. The van der Waals surface area contributed by atoms with Gasteiger partial charge in [-0.3, -0.25) is 0 Å². The van der Waals surface area contributed by atoms with Crippen molar-refractivity contribution in [3.63, 3.8) is 0 Å². The molecule has 0 spiro atoms. The zero-order valence-electron chi connectivity index (χ0n) is 13.9. The lowest BCUT2D eigenvalue weighted by molar-refractivity contribution is 0.410. The molecule has 4 N–H and O–H groups in total. The number of phenols is 1. The summed E-state index contributed by atoms with van der Waals surface area (Å²) in [7, 11) is -3.68. The molecule has 5 nitrogen and oxygen atoms in total. The zero-order chi connectivity index (χ0) is 15.9. The van der Waals surface area contributed by atoms with Crippen LogP contribution < -0.4 is 10.3 Å². The van der Waals surface area contributed by atoms with Gasteiger partial charge in [-0.15, -0.1) is 0 Å². The minimum absolute atomic E-state index is 0. The maximum absolute atomic E-state index is 11.3. The van der Waals surface area contributed by atoms with Gasteiger partial charge in [0.1, 0.15) is 0 Å². The van der Waals surface area contributed by atoms with Crippen LogP contribution in [0.5, 0.6) is 11.5 Å². The van der Waals surface area contributed by atoms with Crippen molar-refractivity contribution < 1.29 is 17.7 Å². The molecule has 0 aliphatic carbocycles. The largest absolute Gasteiger partial charge is 0.504 e. The number of rotatable bonds is 2. The Balaban J connectivity index is 0.00000400. The van der Waals surface area contributed by atoms with Crippen molar-refractivity contribution in [1.29, 1.82) is 0 Å². The molecular weight excluding hydrogens is 290 g/mol. The SMILES string of the molecule is CC(C)(C)c1cc(OS(C)(=O)=O)c(O)c(C(C)(C)C)c1.N. The van der Waals surface area contributed by atoms with Crippen molar-refractivity contribution in [2.45, 2.75) is 52.4 Å². The van der Waals surface area contributed by atoms with E-state index in [-0.39, 0.29) is 28.5 Å². The summed E-state index contributed by atoms with van der Waals surface area (Å²) in [6, 6.07) is 3.50. The molecule has 1 rings (SSSR count). The Kier molecular flexibility index (Phi) is 5.49. The zero-order valence-corrected chi connectivity index (χ0v) is 14.8. The number of aromatic hydroxyl groups is 1. The third-order valence-corrected chi connectivity index (χ3v) is 3.47. The molecule has 122 valence electrons. The van der Waals surface area contributed by atoms with Crippen LogP contribution in [0.1, 0.15) is 52.7 Å². The van der Waals surface area contributed by atoms with Gasteiger partial charge in [-0.05, 0) is 22.5 Å². The van der Waals surface area contributed by atoms with E-state index in [1.165, 1.54) is 0 Å². The fourth-order valence-electron chi connectivity index (χ4n) is 1.84. The van der Waals surface area contributed by atoms with Crippen LogP contribution in [0.4, 0.5) is 0 Å². The molecule has 0 saturated carbocycles. The van der Waals surface area contributed by atoms with E-state index < -0.39 is 10.1 Å². The summed E-state index contributed by atoms with van der Waals surface area (Å²) < 4.78 is 27.6. The molecule has 0 saturated heterocycles. The Bertz CT molecular complexity index is 608. The first-order valence-corrected chi connectivity index (χ1v) is 8.31. The molecule has 0 radical (unpaired) electrons. The summed E-state index contributed by atoms with van der Waals surface area (Å²) in [5.41, 5.74) is 1.09. The average molecular weight is 317 g/mol. The molecule has 0 aliphatic heterocycles. The van der Waals surface area contributed by atoms with Crippen LogP contribution in [0.2, 0.25) is 0 Å². The molecule has 1 aromatic rings. The van der Waals surface area contributed by atoms with E-state index in [4.69, 9.17) is 4.18 Å². The van der Waals surface area contributed by atoms with Crippen LogP contribution in [0.25, 0.3) is 0 Å². The molecule has 0 bridgehead atoms. The third-order valence-electron chi connectivity index (χ3n) is 2.99. The van der Waals surface area contributed by atoms with E-state index in [9.17, 15) is 13.5 Å². The monoisotopic (exact) mass is 317 g/mol. The first kappa shape index (κ1) is 19.7. The molecule has 0 aliphatic rings. The van der Waals surface area contributed by atoms with E-state index in [2.05, 4.69) is 0 Å². The number of phenolic OH excluding ortho intramolecular Hbond substituents is 1. The lowest BCUT2D eigenvalue weighted by Gasteiger charge is -2.27. The molecule has 0 unspecified atom stereocenters. The first-order valence-electron chi connectivity index (χ1n) is 6.49. The summed E-state index contributed by atoms with van der Waals surface area (Å²) in [5, 5.41) is 10.3. The van der Waals surface area contributed by atoms with Crippen LogP contribution >= 0.6 is 0 Å². The second-order valence-electron chi connectivity index (χ2n) is 7.16. The summed E-state index contributed by atoms with van der Waals surface area (Å²) in [4.78, 5) is 0. The van der Waals surface area contributed by atoms with Crippen molar-refractivity contribution in [1.82, 2.24) is 6.15 Å². The predicted molar refractivity (Wildman–Crippen MR) is 86.0 cm³/mol. The van der Waals surface area contributed by atoms with Crippen LogP contribution in [0.15, 0.2) is 12.1 Å². The van der Waals surface area contributed by atoms with Gasteiger partial charge in [0.05, 0.1) is 6.26 Å². The van der Waals surface area contributed by atoms with Crippen molar-refractivity contribution in [2.75, 3.05) is 6.26 Å². The Morgan fingerprint density at radius 2 is 1.48 bits per heavy atom. The van der Waals surface area contributed by atoms with E-state index in [0.29, 0.717) is 5.56 Å². The maximum Gasteiger partial charge on any atom is 0.306 e. The summed E-state index contributed by atoms with van der Waals surface area (Å²) in [6.45, 7) is 11.9. The Morgan fingerprint density at radius 3 is 1.81 bits per heavy atom. The topological polar surface area (TPSA) is 98.6 Å². The third kappa shape index (κ3) is 5.21. The second kappa shape index (κ2) is 5.85. The van der Waals surface area contributed by atoms with E-state index in [1.807, 2.05) is 47.6 Å². The van der Waals surface area contributed by atoms with E-state index >= 15 is 0 Å². The van der Waals surface area contributed by atoms with Crippen molar-refractivity contribution >= 4 is 10.1 Å². The van der Waals surface area contributed by atoms with Gasteiger partial charge in [0.25, 0.3) is 0 Å². The van der Waals surface area contributed by atoms with Crippen molar-refractivity contribution in [3.05, 3.63) is 23.3 Å². The molecule has 0 fully saturated rings. The molecule has 21 heavy (non-hydrogen) atoms. The highest BCUT2D eigenvalue weighted by atomic mass is 32.2. The fraction of sp³-hybridized carbons (Fsp3) is 0.600. The van der Waals surface area contributed by atoms with Crippen LogP contribution in [0.3, 0.4) is 0 Å². The smallest absolute Gasteiger partial charge is 0.306 e. The molecule has 6 heteroatoms. The van der Waals surface area contributed by atoms with Crippen LogP contribution in [0, 0.1) is 0 Å². The summed E-state index contributed by atoms with van der Waals surface area (Å²) in [6.07, 6.45) is 0.965. The van der Waals surface area contributed by atoms with Crippen LogP contribution in [-0.4, -0.2) is 19.8 Å². The van der Waals surface area contributed by atoms with Gasteiger partial charge in [0, 0.05) is 5.56 Å². The highest BCUT2D eigenvalue weighted by Gasteiger charge is 2.26. The van der Waals surface area contributed by atoms with Gasteiger partial charge in [0.15, 0.2) is 11.5 Å². The van der Waals surface area contributed by atoms with Gasteiger partial charge in [-0.1, -0.05) is 47.6 Å². The second-order valence-corrected chi connectivity index (χ2v) is 8.73. The predicted octanol–water partition coefficient (Wildman–Crippen LogP) is 3.49. The van der Waals surface area contributed by atoms with Gasteiger partial charge < -0.3 is 15.4 Å². The Labute approximate surface area is 128 Å². The number of hydrogen-bond donors (Lipinski definition) is 2. The molecule has 0 heterocycles. The minimum Gasteiger partial charge on any atom is -0.504 e. The van der Waals surface area contributed by atoms with Gasteiger partial charge in [-0.25, -0.2) is 0 Å². The Morgan fingerprint density at radius 1 is 1.00 bits per heavy atom. The lowest BCUT2D eigenvalue weighted by Crippen LogP contribution is -2.18. The normalized spacial score (nSPS) is 12.7. The Hall–Kier alpha value is -1.27. The molecule has 0 atom stereocenters. The number of benzene rings is 1. The van der Waals surface area contributed by atoms with Gasteiger partial charge in [0.2, 0.25) is 0 Å². The minimum atomic E-state index is -3.68. The lowest BCUT2D eigenvalue weighted by atomic mass is 9.80. The van der Waals surface area contributed by atoms with Crippen molar-refractivity contribution in [3.8, 4) is 11.5 Å². The number of hydrogen-bond acceptors (Lipinski definition) is 5. The van der Waals surface area contributed by atoms with Crippen LogP contribution in [-0.2, 0) is 20.9 Å². The molecule has 0 amide bonds. The van der Waals surface area contributed by atoms with Gasteiger partial charge >= 0.3 is 10.1 Å². The highest BCUT2D eigenvalue weighted by molar-refractivity contribution is 7.86. The fourth-order valence-corrected chi connectivity index (χ4v) is 2.29. The first-order chi connectivity index (χ1) is 8.72. The standard InChI is InChI=1S/C15H24O4S.H3N/c1-14(2,3)10-8-11(15(4,5)6)13(16)12(9-10)19-20(7,17)18;/h8-9,16H,1-7H3;1H3. The maximum atomic E-state index is 11.3.